The molecule has 1 aromatic heterocycles. The molecule has 3 nitrogen and oxygen atoms in total. The zero-order chi connectivity index (χ0) is 14.5. The van der Waals surface area contributed by atoms with Crippen molar-refractivity contribution >= 4 is 24.1 Å². The number of benzene rings is 2. The largest absolute Gasteiger partial charge is 0.494 e. The molecular weight excluding hydrogens is 279 g/mol. The van der Waals surface area contributed by atoms with Gasteiger partial charge >= 0.3 is 0 Å². The normalized spacial score (nSPS) is 10.6. The maximum absolute atomic E-state index is 5.14. The van der Waals surface area contributed by atoms with Crippen LogP contribution in [-0.2, 0) is 0 Å². The van der Waals surface area contributed by atoms with Crippen molar-refractivity contribution in [1.29, 1.82) is 0 Å². The van der Waals surface area contributed by atoms with E-state index in [2.05, 4.69) is 58.5 Å². The minimum Gasteiger partial charge on any atom is -0.494 e. The molecule has 104 valence electrons. The Morgan fingerprint density at radius 1 is 0.762 bits per heavy atom. The fraction of sp³-hybridized carbons (Fsp3) is 0.0588. The molecule has 0 aliphatic carbocycles. The average molecular weight is 294 g/mol. The third-order valence-electron chi connectivity index (χ3n) is 3.08. The minimum absolute atomic E-state index is 0.676. The molecule has 2 aromatic carbocycles. The van der Waals surface area contributed by atoms with Crippen molar-refractivity contribution in [2.24, 2.45) is 0 Å². The number of methoxy groups -OCH3 is 1. The highest BCUT2D eigenvalue weighted by Gasteiger charge is 2.18. The number of nitrogens with zero attached hydrogens (tertiary/aromatic N) is 2. The topological polar surface area (TPSA) is 35.0 Å². The molecule has 0 aliphatic heterocycles. The zero-order valence-electron chi connectivity index (χ0n) is 11.7. The highest BCUT2D eigenvalue weighted by Crippen LogP contribution is 2.30. The Hall–Kier alpha value is -2.25. The van der Waals surface area contributed by atoms with E-state index in [4.69, 9.17) is 4.74 Å². The molecule has 0 radical (unpaired) electrons. The summed E-state index contributed by atoms with van der Waals surface area (Å²) in [6.07, 6.45) is 3.45. The molecule has 3 rings (SSSR count). The lowest BCUT2D eigenvalue weighted by Crippen LogP contribution is -2.24. The van der Waals surface area contributed by atoms with Crippen molar-refractivity contribution in [2.45, 2.75) is 0 Å². The second-order valence-corrected chi connectivity index (χ2v) is 6.53. The van der Waals surface area contributed by atoms with Crippen LogP contribution in [0.2, 0.25) is 0 Å². The molecule has 4 heteroatoms. The zero-order valence-corrected chi connectivity index (χ0v) is 12.6. The molecule has 0 fully saturated rings. The van der Waals surface area contributed by atoms with Gasteiger partial charge in [0.25, 0.3) is 0 Å². The highest BCUT2D eigenvalue weighted by molar-refractivity contribution is 7.79. The molecule has 0 aliphatic rings. The van der Waals surface area contributed by atoms with Crippen molar-refractivity contribution < 1.29 is 4.74 Å². The molecule has 0 amide bonds. The van der Waals surface area contributed by atoms with Gasteiger partial charge < -0.3 is 4.74 Å². The van der Waals surface area contributed by atoms with Gasteiger partial charge in [0, 0.05) is 7.92 Å². The quantitative estimate of drug-likeness (QED) is 0.692. The summed E-state index contributed by atoms with van der Waals surface area (Å²) in [6.45, 7) is 0. The first-order chi connectivity index (χ1) is 10.4. The Labute approximate surface area is 125 Å². The van der Waals surface area contributed by atoms with Gasteiger partial charge in [0.2, 0.25) is 0 Å². The maximum atomic E-state index is 5.14. The standard InChI is InChI=1S/C17H15N2OP/c1-20-14-12-18-17(19-13-14)21(15-8-4-2-5-9-15)16-10-6-3-7-11-16/h2-13H,1H3. The monoisotopic (exact) mass is 294 g/mol. The van der Waals surface area contributed by atoms with Gasteiger partial charge in [0.15, 0.2) is 11.3 Å². The Morgan fingerprint density at radius 3 is 1.67 bits per heavy atom. The summed E-state index contributed by atoms with van der Waals surface area (Å²) < 4.78 is 5.14. The SMILES string of the molecule is COc1cnc(P(c2ccccc2)c2ccccc2)nc1. The van der Waals surface area contributed by atoms with Crippen molar-refractivity contribution in [1.82, 2.24) is 9.97 Å². The molecule has 0 saturated heterocycles. The van der Waals surface area contributed by atoms with E-state index in [1.807, 2.05) is 12.1 Å². The molecule has 0 atom stereocenters. The second kappa shape index (κ2) is 6.47. The maximum Gasteiger partial charge on any atom is 0.159 e. The van der Waals surface area contributed by atoms with Crippen molar-refractivity contribution in [2.75, 3.05) is 7.11 Å². The van der Waals surface area contributed by atoms with Gasteiger partial charge in [-0.05, 0) is 10.6 Å². The number of hydrogen-bond acceptors (Lipinski definition) is 3. The van der Waals surface area contributed by atoms with Crippen LogP contribution >= 0.6 is 7.92 Å². The average Bonchev–Trinajstić information content (AvgIpc) is 2.58. The first-order valence-corrected chi connectivity index (χ1v) is 7.99. The summed E-state index contributed by atoms with van der Waals surface area (Å²) in [5, 5.41) is 2.48. The van der Waals surface area contributed by atoms with Gasteiger partial charge in [-0.1, -0.05) is 60.7 Å². The van der Waals surface area contributed by atoms with Gasteiger partial charge in [-0.15, -0.1) is 0 Å². The Bertz CT molecular complexity index is 648. The van der Waals surface area contributed by atoms with Gasteiger partial charge in [0.1, 0.15) is 0 Å². The van der Waals surface area contributed by atoms with Crippen LogP contribution < -0.4 is 20.9 Å². The first kappa shape index (κ1) is 13.7. The summed E-state index contributed by atoms with van der Waals surface area (Å²) in [5.74, 6) is 0.676. The summed E-state index contributed by atoms with van der Waals surface area (Å²) in [6, 6.07) is 20.8. The van der Waals surface area contributed by atoms with E-state index in [0.717, 1.165) is 5.57 Å². The van der Waals surface area contributed by atoms with Gasteiger partial charge in [-0.25, -0.2) is 9.97 Å². The Morgan fingerprint density at radius 2 is 1.24 bits per heavy atom. The molecular formula is C17H15N2OP. The van der Waals surface area contributed by atoms with E-state index in [1.165, 1.54) is 10.6 Å². The van der Waals surface area contributed by atoms with Gasteiger partial charge in [-0.3, -0.25) is 0 Å². The lowest BCUT2D eigenvalue weighted by Gasteiger charge is -2.17. The summed E-state index contributed by atoms with van der Waals surface area (Å²) in [7, 11) is 0.879. The van der Waals surface area contributed by atoms with E-state index in [0.29, 0.717) is 5.75 Å². The molecule has 0 bridgehead atoms. The number of hydrogen-bond donors (Lipinski definition) is 0. The molecule has 0 N–H and O–H groups in total. The van der Waals surface area contributed by atoms with E-state index >= 15 is 0 Å². The van der Waals surface area contributed by atoms with Crippen LogP contribution in [0.15, 0.2) is 73.1 Å². The van der Waals surface area contributed by atoms with Crippen LogP contribution in [-0.4, -0.2) is 17.1 Å². The molecule has 3 aromatic rings. The highest BCUT2D eigenvalue weighted by atomic mass is 31.1. The summed E-state index contributed by atoms with van der Waals surface area (Å²) in [5.41, 5.74) is 0.836. The number of rotatable bonds is 4. The first-order valence-electron chi connectivity index (χ1n) is 6.65. The Kier molecular flexibility index (Phi) is 4.23. The van der Waals surface area contributed by atoms with E-state index in [-0.39, 0.29) is 0 Å². The van der Waals surface area contributed by atoms with Crippen molar-refractivity contribution in [3.63, 3.8) is 0 Å². The molecule has 0 spiro atoms. The molecule has 0 unspecified atom stereocenters. The number of ether oxygens (including phenoxy) is 1. The van der Waals surface area contributed by atoms with Crippen molar-refractivity contribution in [3.05, 3.63) is 73.1 Å². The molecule has 21 heavy (non-hydrogen) atoms. The fourth-order valence-corrected chi connectivity index (χ4v) is 4.11. The third-order valence-corrected chi connectivity index (χ3v) is 5.34. The molecule has 0 saturated carbocycles. The van der Waals surface area contributed by atoms with Crippen LogP contribution in [0.3, 0.4) is 0 Å². The lowest BCUT2D eigenvalue weighted by atomic mass is 10.4. The predicted octanol–water partition coefficient (Wildman–Crippen LogP) is 2.24. The minimum atomic E-state index is -0.741. The summed E-state index contributed by atoms with van der Waals surface area (Å²) >= 11 is 0. The second-order valence-electron chi connectivity index (χ2n) is 4.43. The lowest BCUT2D eigenvalue weighted by molar-refractivity contribution is 0.411. The van der Waals surface area contributed by atoms with Crippen LogP contribution in [0.4, 0.5) is 0 Å². The van der Waals surface area contributed by atoms with Gasteiger partial charge in [-0.2, -0.15) is 0 Å². The van der Waals surface area contributed by atoms with Crippen LogP contribution in [0.25, 0.3) is 0 Å². The van der Waals surface area contributed by atoms with Crippen LogP contribution in [0, 0.1) is 0 Å². The molecule has 1 heterocycles. The van der Waals surface area contributed by atoms with Crippen LogP contribution in [0.5, 0.6) is 5.75 Å². The predicted molar refractivity (Wildman–Crippen MR) is 87.3 cm³/mol. The smallest absolute Gasteiger partial charge is 0.159 e. The van der Waals surface area contributed by atoms with Crippen LogP contribution in [0.1, 0.15) is 0 Å². The number of aromatic nitrogens is 2. The van der Waals surface area contributed by atoms with Crippen molar-refractivity contribution in [3.8, 4) is 5.75 Å². The summed E-state index contributed by atoms with van der Waals surface area (Å²) in [4.78, 5) is 8.99. The van der Waals surface area contributed by atoms with E-state index < -0.39 is 7.92 Å². The van der Waals surface area contributed by atoms with Gasteiger partial charge in [0.05, 0.1) is 19.5 Å². The van der Waals surface area contributed by atoms with E-state index in [1.54, 1.807) is 19.5 Å². The third kappa shape index (κ3) is 3.09. The van der Waals surface area contributed by atoms with E-state index in [9.17, 15) is 0 Å². The Balaban J connectivity index is 2.07. The fourth-order valence-electron chi connectivity index (χ4n) is 2.06.